The first-order chi connectivity index (χ1) is 17.0. The lowest BCUT2D eigenvalue weighted by atomic mass is 10.1. The molecule has 0 aliphatic carbocycles. The molecule has 0 bridgehead atoms. The second kappa shape index (κ2) is 13.5. The second-order valence-electron chi connectivity index (χ2n) is 8.79. The molecule has 2 amide bonds. The molecule has 0 spiro atoms. The van der Waals surface area contributed by atoms with Gasteiger partial charge in [-0.2, -0.15) is 0 Å². The van der Waals surface area contributed by atoms with Crippen LogP contribution in [0.3, 0.4) is 0 Å². The van der Waals surface area contributed by atoms with Crippen molar-refractivity contribution in [1.82, 2.24) is 10.2 Å². The van der Waals surface area contributed by atoms with Gasteiger partial charge in [0.1, 0.15) is 11.8 Å². The molecule has 10 heteroatoms. The van der Waals surface area contributed by atoms with Crippen LogP contribution in [0.1, 0.15) is 45.6 Å². The van der Waals surface area contributed by atoms with Crippen LogP contribution in [0.4, 0.5) is 5.69 Å². The Bertz CT molecular complexity index is 1140. The highest BCUT2D eigenvalue weighted by Crippen LogP contribution is 2.24. The van der Waals surface area contributed by atoms with Gasteiger partial charge >= 0.3 is 0 Å². The van der Waals surface area contributed by atoms with Crippen LogP contribution in [0, 0.1) is 0 Å². The van der Waals surface area contributed by atoms with E-state index in [9.17, 15) is 18.0 Å². The van der Waals surface area contributed by atoms with Gasteiger partial charge in [0.05, 0.1) is 19.1 Å². The fourth-order valence-corrected chi connectivity index (χ4v) is 4.82. The zero-order chi connectivity index (χ0) is 26.9. The maximum atomic E-state index is 13.3. The van der Waals surface area contributed by atoms with Crippen LogP contribution in [0.5, 0.6) is 5.75 Å². The van der Waals surface area contributed by atoms with Gasteiger partial charge < -0.3 is 15.0 Å². The number of nitrogens with one attached hydrogen (secondary N) is 1. The number of anilines is 1. The molecule has 8 nitrogen and oxygen atoms in total. The van der Waals surface area contributed by atoms with Crippen molar-refractivity contribution < 1.29 is 22.7 Å². The van der Waals surface area contributed by atoms with Crippen molar-refractivity contribution in [3.8, 4) is 5.75 Å². The molecular weight excluding hydrogens is 502 g/mol. The van der Waals surface area contributed by atoms with Crippen LogP contribution in [0.15, 0.2) is 48.5 Å². The number of benzene rings is 2. The predicted octanol–water partition coefficient (Wildman–Crippen LogP) is 4.23. The molecule has 0 aromatic heterocycles. The summed E-state index contributed by atoms with van der Waals surface area (Å²) in [5.74, 6) is 0.0424. The van der Waals surface area contributed by atoms with Gasteiger partial charge in [-0.15, -0.1) is 0 Å². The Hall–Kier alpha value is -2.78. The Kier molecular flexibility index (Phi) is 11.0. The number of carbonyl (C=O) groups excluding carboxylic acids is 2. The van der Waals surface area contributed by atoms with Crippen LogP contribution in [0.25, 0.3) is 0 Å². The van der Waals surface area contributed by atoms with Crippen molar-refractivity contribution in [2.45, 2.75) is 58.7 Å². The first-order valence-electron chi connectivity index (χ1n) is 11.9. The van der Waals surface area contributed by atoms with Gasteiger partial charge in [-0.1, -0.05) is 36.7 Å². The molecule has 0 heterocycles. The number of halogens is 1. The van der Waals surface area contributed by atoms with Crippen molar-refractivity contribution in [3.05, 3.63) is 59.1 Å². The Balaban J connectivity index is 2.18. The summed E-state index contributed by atoms with van der Waals surface area (Å²) in [6, 6.07) is 13.2. The van der Waals surface area contributed by atoms with E-state index in [1.165, 1.54) is 16.3 Å². The summed E-state index contributed by atoms with van der Waals surface area (Å²) in [6.07, 6.45) is 2.24. The number of hydrogen-bond donors (Lipinski definition) is 1. The Morgan fingerprint density at radius 3 is 2.42 bits per heavy atom. The summed E-state index contributed by atoms with van der Waals surface area (Å²) < 4.78 is 31.4. The number of hydrogen-bond acceptors (Lipinski definition) is 5. The molecule has 2 aromatic rings. The Labute approximate surface area is 219 Å². The molecule has 0 unspecified atom stereocenters. The van der Waals surface area contributed by atoms with Gasteiger partial charge in [-0.05, 0) is 56.5 Å². The maximum absolute atomic E-state index is 13.3. The third-order valence-corrected chi connectivity index (χ3v) is 7.33. The summed E-state index contributed by atoms with van der Waals surface area (Å²) in [5.41, 5.74) is 1.26. The van der Waals surface area contributed by atoms with E-state index >= 15 is 0 Å². The topological polar surface area (TPSA) is 96.0 Å². The van der Waals surface area contributed by atoms with E-state index in [0.29, 0.717) is 16.5 Å². The predicted molar refractivity (Wildman–Crippen MR) is 144 cm³/mol. The summed E-state index contributed by atoms with van der Waals surface area (Å²) in [5, 5.41) is 3.47. The normalized spacial score (nSPS) is 12.9. The molecule has 2 atom stereocenters. The molecule has 198 valence electrons. The lowest BCUT2D eigenvalue weighted by Gasteiger charge is -2.30. The summed E-state index contributed by atoms with van der Waals surface area (Å²) in [4.78, 5) is 27.7. The highest BCUT2D eigenvalue weighted by molar-refractivity contribution is 7.92. The summed E-state index contributed by atoms with van der Waals surface area (Å²) in [6.45, 7) is 5.89. The minimum absolute atomic E-state index is 0.0192. The average Bonchev–Trinajstić information content (AvgIpc) is 2.83. The molecular formula is C26H36ClN3O5S. The van der Waals surface area contributed by atoms with E-state index in [1.807, 2.05) is 19.9 Å². The molecule has 36 heavy (non-hydrogen) atoms. The zero-order valence-electron chi connectivity index (χ0n) is 21.5. The number of amides is 2. The van der Waals surface area contributed by atoms with E-state index in [1.54, 1.807) is 49.4 Å². The molecule has 0 fully saturated rings. The quantitative estimate of drug-likeness (QED) is 0.412. The zero-order valence-corrected chi connectivity index (χ0v) is 23.1. The van der Waals surface area contributed by atoms with Crippen LogP contribution < -0.4 is 14.4 Å². The van der Waals surface area contributed by atoms with Crippen molar-refractivity contribution >= 4 is 39.1 Å². The van der Waals surface area contributed by atoms with Gasteiger partial charge in [0, 0.05) is 36.6 Å². The monoisotopic (exact) mass is 537 g/mol. The Morgan fingerprint density at radius 1 is 1.11 bits per heavy atom. The average molecular weight is 538 g/mol. The SMILES string of the molecule is CC[C@H](C)NC(=O)[C@@H](C)N(Cc1cccc(Cl)c1)C(=O)CCCN(c1cccc(OC)c1)S(C)(=O)=O. The van der Waals surface area contributed by atoms with Crippen LogP contribution in [0.2, 0.25) is 5.02 Å². The minimum atomic E-state index is -3.59. The molecule has 0 saturated heterocycles. The van der Waals surface area contributed by atoms with Crippen LogP contribution in [-0.4, -0.2) is 57.1 Å². The maximum Gasteiger partial charge on any atom is 0.242 e. The van der Waals surface area contributed by atoms with E-state index in [2.05, 4.69) is 5.32 Å². The first-order valence-corrected chi connectivity index (χ1v) is 14.1. The smallest absolute Gasteiger partial charge is 0.242 e. The Morgan fingerprint density at radius 2 is 1.81 bits per heavy atom. The largest absolute Gasteiger partial charge is 0.497 e. The van der Waals surface area contributed by atoms with Crippen molar-refractivity contribution in [1.29, 1.82) is 0 Å². The summed E-state index contributed by atoms with van der Waals surface area (Å²) in [7, 11) is -2.08. The molecule has 0 radical (unpaired) electrons. The van der Waals surface area contributed by atoms with Crippen LogP contribution in [-0.2, 0) is 26.2 Å². The molecule has 0 aliphatic rings. The first kappa shape index (κ1) is 29.5. The molecule has 0 aliphatic heterocycles. The number of rotatable bonds is 13. The van der Waals surface area contributed by atoms with Gasteiger partial charge in [-0.3, -0.25) is 13.9 Å². The standard InChI is InChI=1S/C26H36ClN3O5S/c1-6-19(2)28-26(32)20(3)29(18-21-10-7-11-22(27)16-21)25(31)14-9-15-30(36(5,33)34)23-12-8-13-24(17-23)35-4/h7-8,10-13,16-17,19-20H,6,9,14-15,18H2,1-5H3,(H,28,32)/t19-,20+/m0/s1. The van der Waals surface area contributed by atoms with Gasteiger partial charge in [0.25, 0.3) is 0 Å². The third-order valence-electron chi connectivity index (χ3n) is 5.90. The highest BCUT2D eigenvalue weighted by atomic mass is 35.5. The number of sulfonamides is 1. The third kappa shape index (κ3) is 8.71. The van der Waals surface area contributed by atoms with E-state index in [0.717, 1.165) is 18.2 Å². The molecule has 0 saturated carbocycles. The lowest BCUT2D eigenvalue weighted by Crippen LogP contribution is -2.49. The fraction of sp³-hybridized carbons (Fsp3) is 0.462. The van der Waals surface area contributed by atoms with E-state index in [-0.39, 0.29) is 43.8 Å². The second-order valence-corrected chi connectivity index (χ2v) is 11.1. The van der Waals surface area contributed by atoms with Gasteiger partial charge in [-0.25, -0.2) is 8.42 Å². The highest BCUT2D eigenvalue weighted by Gasteiger charge is 2.27. The lowest BCUT2D eigenvalue weighted by molar-refractivity contribution is -0.140. The number of nitrogens with zero attached hydrogens (tertiary/aromatic N) is 2. The van der Waals surface area contributed by atoms with E-state index < -0.39 is 16.1 Å². The molecule has 2 aromatic carbocycles. The number of ether oxygens (including phenoxy) is 1. The van der Waals surface area contributed by atoms with Crippen molar-refractivity contribution in [2.24, 2.45) is 0 Å². The molecule has 2 rings (SSSR count). The number of methoxy groups -OCH3 is 1. The molecule has 1 N–H and O–H groups in total. The van der Waals surface area contributed by atoms with E-state index in [4.69, 9.17) is 16.3 Å². The summed E-state index contributed by atoms with van der Waals surface area (Å²) >= 11 is 6.12. The van der Waals surface area contributed by atoms with Crippen molar-refractivity contribution in [2.75, 3.05) is 24.2 Å². The minimum Gasteiger partial charge on any atom is -0.497 e. The van der Waals surface area contributed by atoms with Crippen molar-refractivity contribution in [3.63, 3.8) is 0 Å². The van der Waals surface area contributed by atoms with Gasteiger partial charge in [0.2, 0.25) is 21.8 Å². The van der Waals surface area contributed by atoms with Gasteiger partial charge in [0.15, 0.2) is 0 Å². The van der Waals surface area contributed by atoms with Crippen LogP contribution >= 0.6 is 11.6 Å². The number of carbonyl (C=O) groups is 2. The fourth-order valence-electron chi connectivity index (χ4n) is 3.65.